The lowest BCUT2D eigenvalue weighted by Crippen LogP contribution is -2.34. The summed E-state index contributed by atoms with van der Waals surface area (Å²) in [6.07, 6.45) is 0. The first-order valence-corrected chi connectivity index (χ1v) is 7.23. The minimum Gasteiger partial charge on any atom is -0.495 e. The largest absolute Gasteiger partial charge is 0.495 e. The molecule has 1 rings (SSSR count). The van der Waals surface area contributed by atoms with Crippen LogP contribution in [0.15, 0.2) is 18.2 Å². The maximum absolute atomic E-state index is 11.9. The smallest absolute Gasteiger partial charge is 0.318 e. The number of amides is 1. The Bertz CT molecular complexity index is 498. The van der Waals surface area contributed by atoms with Crippen LogP contribution in [-0.2, 0) is 9.59 Å². The molecule has 0 bridgehead atoms. The number of carboxylic acids is 1. The number of hydrogen-bond acceptors (Lipinski definition) is 3. The van der Waals surface area contributed by atoms with Crippen molar-refractivity contribution >= 4 is 61.0 Å². The average Bonchev–Trinajstić information content (AvgIpc) is 2.37. The van der Waals surface area contributed by atoms with Crippen LogP contribution < -0.4 is 10.1 Å². The molecular weight excluding hydrogens is 405 g/mol. The van der Waals surface area contributed by atoms with Gasteiger partial charge in [-0.25, -0.2) is 0 Å². The number of carbonyl (C=O) groups excluding carboxylic acids is 1. The second-order valence-electron chi connectivity index (χ2n) is 3.48. The number of carbonyl (C=O) groups is 2. The normalized spacial score (nSPS) is 13.5. The number of methoxy groups -OCH3 is 1. The Balaban J connectivity index is 2.87. The van der Waals surface area contributed by atoms with Crippen LogP contribution in [0.2, 0.25) is 5.02 Å². The molecule has 19 heavy (non-hydrogen) atoms. The van der Waals surface area contributed by atoms with Crippen LogP contribution in [0.25, 0.3) is 0 Å². The number of aliphatic carboxylic acids is 1. The lowest BCUT2D eigenvalue weighted by atomic mass is 10.2. The quantitative estimate of drug-likeness (QED) is 0.726. The molecule has 0 radical (unpaired) electrons. The Labute approximate surface area is 131 Å². The summed E-state index contributed by atoms with van der Waals surface area (Å²) in [7, 11) is 1.45. The number of carboxylic acid groups (broad SMARTS) is 1. The molecule has 1 amide bonds. The van der Waals surface area contributed by atoms with Crippen molar-refractivity contribution in [1.29, 1.82) is 0 Å². The maximum atomic E-state index is 11.9. The van der Waals surface area contributed by atoms with Crippen molar-refractivity contribution in [3.8, 4) is 5.75 Å². The Morgan fingerprint density at radius 1 is 1.37 bits per heavy atom. The van der Waals surface area contributed by atoms with Crippen molar-refractivity contribution < 1.29 is 19.4 Å². The molecule has 0 saturated heterocycles. The second-order valence-corrected chi connectivity index (χ2v) is 5.89. The zero-order valence-electron chi connectivity index (χ0n) is 9.69. The highest BCUT2D eigenvalue weighted by Crippen LogP contribution is 2.28. The van der Waals surface area contributed by atoms with Gasteiger partial charge in [-0.1, -0.05) is 43.5 Å². The summed E-state index contributed by atoms with van der Waals surface area (Å²) in [4.78, 5) is 20.7. The highest BCUT2D eigenvalue weighted by Gasteiger charge is 2.29. The second kappa shape index (κ2) is 7.12. The average molecular weight is 415 g/mol. The molecule has 0 fully saturated rings. The van der Waals surface area contributed by atoms with Crippen molar-refractivity contribution in [2.75, 3.05) is 12.4 Å². The standard InChI is InChI=1S/C11H10Br2ClNO4/c1-19-7-3-2-5(14)4-6(7)15-10(16)8(12)9(13)11(17)18/h2-4,8-9H,1H3,(H,15,16)(H,17,18)/t8-,9+/m1/s1. The monoisotopic (exact) mass is 413 g/mol. The molecule has 2 N–H and O–H groups in total. The molecular formula is C11H10Br2ClNO4. The van der Waals surface area contributed by atoms with E-state index in [2.05, 4.69) is 37.2 Å². The van der Waals surface area contributed by atoms with Gasteiger partial charge in [-0.2, -0.15) is 0 Å². The molecule has 0 aliphatic carbocycles. The molecule has 1 aromatic carbocycles. The predicted molar refractivity (Wildman–Crippen MR) is 79.7 cm³/mol. The minimum atomic E-state index is -1.14. The number of anilines is 1. The van der Waals surface area contributed by atoms with Gasteiger partial charge in [0.05, 0.1) is 12.8 Å². The SMILES string of the molecule is COc1ccc(Cl)cc1NC(=O)[C@H](Br)[C@H](Br)C(=O)O. The van der Waals surface area contributed by atoms with Gasteiger partial charge < -0.3 is 15.2 Å². The molecule has 0 aliphatic rings. The topological polar surface area (TPSA) is 75.6 Å². The van der Waals surface area contributed by atoms with Gasteiger partial charge in [-0.3, -0.25) is 9.59 Å². The lowest BCUT2D eigenvalue weighted by molar-refractivity contribution is -0.137. The Morgan fingerprint density at radius 3 is 2.53 bits per heavy atom. The molecule has 0 aromatic heterocycles. The molecule has 104 valence electrons. The fraction of sp³-hybridized carbons (Fsp3) is 0.273. The summed E-state index contributed by atoms with van der Waals surface area (Å²) < 4.78 is 5.07. The van der Waals surface area contributed by atoms with Gasteiger partial charge in [0, 0.05) is 5.02 Å². The molecule has 2 atom stereocenters. The number of hydrogen-bond donors (Lipinski definition) is 2. The van der Waals surface area contributed by atoms with Gasteiger partial charge >= 0.3 is 5.97 Å². The van der Waals surface area contributed by atoms with Crippen LogP contribution in [0, 0.1) is 0 Å². The van der Waals surface area contributed by atoms with E-state index in [1.807, 2.05) is 0 Å². The van der Waals surface area contributed by atoms with Gasteiger partial charge in [0.25, 0.3) is 0 Å². The predicted octanol–water partition coefficient (Wildman–Crippen LogP) is 2.90. The van der Waals surface area contributed by atoms with Crippen molar-refractivity contribution in [1.82, 2.24) is 0 Å². The number of benzene rings is 1. The maximum Gasteiger partial charge on any atom is 0.318 e. The van der Waals surface area contributed by atoms with E-state index in [0.717, 1.165) is 0 Å². The zero-order valence-corrected chi connectivity index (χ0v) is 13.6. The first-order chi connectivity index (χ1) is 8.86. The third kappa shape index (κ3) is 4.36. The summed E-state index contributed by atoms with van der Waals surface area (Å²) in [5.41, 5.74) is 0.370. The van der Waals surface area contributed by atoms with Crippen LogP contribution in [0.1, 0.15) is 0 Å². The van der Waals surface area contributed by atoms with Gasteiger partial charge in [0.2, 0.25) is 5.91 Å². The molecule has 5 nitrogen and oxygen atoms in total. The van der Waals surface area contributed by atoms with E-state index in [0.29, 0.717) is 16.5 Å². The number of nitrogens with one attached hydrogen (secondary N) is 1. The summed E-state index contributed by atoms with van der Waals surface area (Å²) in [5.74, 6) is -1.24. The van der Waals surface area contributed by atoms with Gasteiger partial charge in [0.1, 0.15) is 15.4 Å². The fourth-order valence-electron chi connectivity index (χ4n) is 1.24. The molecule has 0 heterocycles. The van der Waals surface area contributed by atoms with Crippen molar-refractivity contribution in [3.63, 3.8) is 0 Å². The number of halogens is 3. The van der Waals surface area contributed by atoms with E-state index >= 15 is 0 Å². The third-order valence-corrected chi connectivity index (χ3v) is 4.97. The number of ether oxygens (including phenoxy) is 1. The van der Waals surface area contributed by atoms with Crippen LogP contribution >= 0.6 is 43.5 Å². The van der Waals surface area contributed by atoms with Crippen LogP contribution in [0.4, 0.5) is 5.69 Å². The van der Waals surface area contributed by atoms with E-state index in [9.17, 15) is 9.59 Å². The van der Waals surface area contributed by atoms with Crippen LogP contribution in [-0.4, -0.2) is 33.7 Å². The summed E-state index contributed by atoms with van der Waals surface area (Å²) >= 11 is 11.8. The summed E-state index contributed by atoms with van der Waals surface area (Å²) in [6.45, 7) is 0. The molecule has 8 heteroatoms. The minimum absolute atomic E-state index is 0.370. The van der Waals surface area contributed by atoms with E-state index in [1.54, 1.807) is 12.1 Å². The molecule has 0 unspecified atom stereocenters. The zero-order chi connectivity index (χ0) is 14.6. The van der Waals surface area contributed by atoms with E-state index in [1.165, 1.54) is 13.2 Å². The Morgan fingerprint density at radius 2 is 2.00 bits per heavy atom. The Kier molecular flexibility index (Phi) is 6.09. The van der Waals surface area contributed by atoms with E-state index < -0.39 is 21.5 Å². The lowest BCUT2D eigenvalue weighted by Gasteiger charge is -2.15. The number of rotatable bonds is 5. The van der Waals surface area contributed by atoms with Crippen molar-refractivity contribution in [2.45, 2.75) is 9.65 Å². The number of alkyl halides is 2. The molecule has 1 aromatic rings. The van der Waals surface area contributed by atoms with Gasteiger partial charge in [-0.15, -0.1) is 0 Å². The summed E-state index contributed by atoms with van der Waals surface area (Å²) in [5, 5.41) is 11.8. The molecule has 0 spiro atoms. The highest BCUT2D eigenvalue weighted by atomic mass is 79.9. The van der Waals surface area contributed by atoms with E-state index in [4.69, 9.17) is 21.4 Å². The molecule has 0 aliphatic heterocycles. The highest BCUT2D eigenvalue weighted by molar-refractivity contribution is 9.12. The van der Waals surface area contributed by atoms with Crippen LogP contribution in [0.3, 0.4) is 0 Å². The summed E-state index contributed by atoms with van der Waals surface area (Å²) in [6, 6.07) is 4.73. The molecule has 0 saturated carbocycles. The van der Waals surface area contributed by atoms with Gasteiger partial charge in [0.15, 0.2) is 0 Å². The van der Waals surface area contributed by atoms with Crippen LogP contribution in [0.5, 0.6) is 5.75 Å². The third-order valence-electron chi connectivity index (χ3n) is 2.16. The first-order valence-electron chi connectivity index (χ1n) is 5.02. The van der Waals surface area contributed by atoms with Crippen molar-refractivity contribution in [3.05, 3.63) is 23.2 Å². The first kappa shape index (κ1) is 16.3. The van der Waals surface area contributed by atoms with Crippen molar-refractivity contribution in [2.24, 2.45) is 0 Å². The Hall–Kier alpha value is -0.790. The van der Waals surface area contributed by atoms with E-state index in [-0.39, 0.29) is 0 Å². The van der Waals surface area contributed by atoms with Gasteiger partial charge in [-0.05, 0) is 18.2 Å². The fourth-order valence-corrected chi connectivity index (χ4v) is 1.99.